The van der Waals surface area contributed by atoms with E-state index in [1.54, 1.807) is 22.7 Å². The van der Waals surface area contributed by atoms with Crippen molar-refractivity contribution in [2.45, 2.75) is 5.37 Å². The van der Waals surface area contributed by atoms with Gasteiger partial charge in [0.1, 0.15) is 11.2 Å². The van der Waals surface area contributed by atoms with Gasteiger partial charge in [0.05, 0.1) is 5.02 Å². The van der Waals surface area contributed by atoms with Gasteiger partial charge in [-0.1, -0.05) is 35.3 Å². The number of hydrogen-bond donors (Lipinski definition) is 1. The Morgan fingerprint density at radius 2 is 2.09 bits per heavy atom. The van der Waals surface area contributed by atoms with Crippen LogP contribution in [0.5, 0.6) is 0 Å². The van der Waals surface area contributed by atoms with Crippen molar-refractivity contribution < 1.29 is 9.18 Å². The van der Waals surface area contributed by atoms with Crippen LogP contribution in [0.1, 0.15) is 10.9 Å². The summed E-state index contributed by atoms with van der Waals surface area (Å²) in [5.41, 5.74) is 1.44. The van der Waals surface area contributed by atoms with Gasteiger partial charge in [0.15, 0.2) is 0 Å². The summed E-state index contributed by atoms with van der Waals surface area (Å²) in [5.74, 6) is 0.326. The molecule has 2 amide bonds. The summed E-state index contributed by atoms with van der Waals surface area (Å²) in [7, 11) is 0. The summed E-state index contributed by atoms with van der Waals surface area (Å²) >= 11 is 13.5. The zero-order chi connectivity index (χ0) is 16.4. The number of urea groups is 1. The van der Waals surface area contributed by atoms with Gasteiger partial charge in [0.25, 0.3) is 0 Å². The molecule has 1 aliphatic rings. The van der Waals surface area contributed by atoms with Gasteiger partial charge in [-0.3, -0.25) is 0 Å². The fourth-order valence-electron chi connectivity index (χ4n) is 2.38. The van der Waals surface area contributed by atoms with Gasteiger partial charge in [0, 0.05) is 23.0 Å². The lowest BCUT2D eigenvalue weighted by Gasteiger charge is -2.24. The molecule has 0 spiro atoms. The average Bonchev–Trinajstić information content (AvgIpc) is 3.00. The second kappa shape index (κ2) is 6.99. The number of thioether (sulfide) groups is 1. The van der Waals surface area contributed by atoms with Crippen LogP contribution in [0.3, 0.4) is 0 Å². The van der Waals surface area contributed by atoms with Crippen molar-refractivity contribution in [3.63, 3.8) is 0 Å². The van der Waals surface area contributed by atoms with E-state index in [0.29, 0.717) is 17.3 Å². The van der Waals surface area contributed by atoms with Gasteiger partial charge in [-0.2, -0.15) is 0 Å². The highest BCUT2D eigenvalue weighted by atomic mass is 35.5. The van der Waals surface area contributed by atoms with E-state index in [1.165, 1.54) is 18.2 Å². The molecule has 1 atom stereocenters. The number of nitrogens with one attached hydrogen (secondary N) is 1. The fourth-order valence-corrected chi connectivity index (χ4v) is 4.01. The number of nitrogens with zero attached hydrogens (tertiary/aromatic N) is 1. The highest BCUT2D eigenvalue weighted by molar-refractivity contribution is 7.99. The molecule has 7 heteroatoms. The minimum Gasteiger partial charge on any atom is -0.308 e. The van der Waals surface area contributed by atoms with Crippen molar-refractivity contribution in [2.75, 3.05) is 17.6 Å². The van der Waals surface area contributed by atoms with E-state index in [4.69, 9.17) is 23.2 Å². The third-order valence-corrected chi connectivity index (χ3v) is 5.24. The molecule has 1 fully saturated rings. The van der Waals surface area contributed by atoms with Gasteiger partial charge in [0.2, 0.25) is 0 Å². The van der Waals surface area contributed by atoms with E-state index in [2.05, 4.69) is 5.32 Å². The van der Waals surface area contributed by atoms with Crippen LogP contribution in [-0.4, -0.2) is 23.2 Å². The number of halogens is 3. The lowest BCUT2D eigenvalue weighted by Crippen LogP contribution is -2.34. The first kappa shape index (κ1) is 16.4. The topological polar surface area (TPSA) is 32.3 Å². The van der Waals surface area contributed by atoms with Crippen molar-refractivity contribution >= 4 is 46.7 Å². The number of anilines is 1. The molecule has 1 aliphatic heterocycles. The Labute approximate surface area is 147 Å². The molecule has 120 valence electrons. The molecule has 0 saturated carbocycles. The van der Waals surface area contributed by atoms with E-state index in [-0.39, 0.29) is 16.4 Å². The Hall–Kier alpha value is -1.43. The van der Waals surface area contributed by atoms with Crippen LogP contribution >= 0.6 is 35.0 Å². The molecule has 2 aromatic carbocycles. The predicted octanol–water partition coefficient (Wildman–Crippen LogP) is 5.41. The average molecular weight is 371 g/mol. The Morgan fingerprint density at radius 1 is 1.26 bits per heavy atom. The van der Waals surface area contributed by atoms with Gasteiger partial charge in [-0.05, 0) is 35.9 Å². The SMILES string of the molecule is O=C(Nc1ccc(F)c(Cl)c1)N1CCSC1c1cccc(Cl)c1. The Kier molecular flexibility index (Phi) is 4.99. The summed E-state index contributed by atoms with van der Waals surface area (Å²) in [6.45, 7) is 0.628. The molecule has 3 rings (SSSR count). The third-order valence-electron chi connectivity index (χ3n) is 3.46. The standard InChI is InChI=1S/C16H13Cl2FN2OS/c17-11-3-1-2-10(8-11)15-21(6-7-23-15)16(22)20-12-4-5-14(19)13(18)9-12/h1-5,8-9,15H,6-7H2,(H,20,22). The van der Waals surface area contributed by atoms with E-state index in [1.807, 2.05) is 18.2 Å². The van der Waals surface area contributed by atoms with Crippen LogP contribution in [0, 0.1) is 5.82 Å². The second-order valence-electron chi connectivity index (χ2n) is 5.03. The molecule has 0 bridgehead atoms. The number of amides is 2. The largest absolute Gasteiger partial charge is 0.323 e. The number of carbonyl (C=O) groups excluding carboxylic acids is 1. The molecule has 0 aliphatic carbocycles. The first-order chi connectivity index (χ1) is 11.0. The molecule has 1 unspecified atom stereocenters. The minimum atomic E-state index is -0.516. The zero-order valence-corrected chi connectivity index (χ0v) is 14.3. The number of benzene rings is 2. The quantitative estimate of drug-likeness (QED) is 0.765. The van der Waals surface area contributed by atoms with Crippen LogP contribution in [0.4, 0.5) is 14.9 Å². The van der Waals surface area contributed by atoms with Crippen molar-refractivity contribution in [1.29, 1.82) is 0 Å². The predicted molar refractivity (Wildman–Crippen MR) is 93.8 cm³/mol. The molecule has 0 radical (unpaired) electrons. The number of rotatable bonds is 2. The van der Waals surface area contributed by atoms with E-state index < -0.39 is 5.82 Å². The number of hydrogen-bond acceptors (Lipinski definition) is 2. The lowest BCUT2D eigenvalue weighted by atomic mass is 10.2. The molecule has 1 N–H and O–H groups in total. The normalized spacial score (nSPS) is 17.3. The highest BCUT2D eigenvalue weighted by Gasteiger charge is 2.30. The Morgan fingerprint density at radius 3 is 2.83 bits per heavy atom. The molecule has 23 heavy (non-hydrogen) atoms. The fraction of sp³-hybridized carbons (Fsp3) is 0.188. The minimum absolute atomic E-state index is 0.0232. The second-order valence-corrected chi connectivity index (χ2v) is 7.06. The van der Waals surface area contributed by atoms with E-state index in [0.717, 1.165) is 11.3 Å². The van der Waals surface area contributed by atoms with Crippen LogP contribution in [0.25, 0.3) is 0 Å². The monoisotopic (exact) mass is 370 g/mol. The Bertz CT molecular complexity index is 744. The molecule has 0 aromatic heterocycles. The number of carbonyl (C=O) groups is 1. The van der Waals surface area contributed by atoms with Crippen LogP contribution in [0.2, 0.25) is 10.0 Å². The van der Waals surface area contributed by atoms with Gasteiger partial charge in [-0.15, -0.1) is 11.8 Å². The smallest absolute Gasteiger partial charge is 0.308 e. The molecular weight excluding hydrogens is 358 g/mol. The molecule has 1 saturated heterocycles. The van der Waals surface area contributed by atoms with E-state index in [9.17, 15) is 9.18 Å². The molecule has 1 heterocycles. The van der Waals surface area contributed by atoms with Crippen molar-refractivity contribution in [3.05, 3.63) is 63.9 Å². The van der Waals surface area contributed by atoms with Crippen molar-refractivity contribution in [3.8, 4) is 0 Å². The molecular formula is C16H13Cl2FN2OS. The van der Waals surface area contributed by atoms with E-state index >= 15 is 0 Å². The van der Waals surface area contributed by atoms with Gasteiger partial charge < -0.3 is 10.2 Å². The lowest BCUT2D eigenvalue weighted by molar-refractivity contribution is 0.214. The van der Waals surface area contributed by atoms with Crippen LogP contribution in [0.15, 0.2) is 42.5 Å². The van der Waals surface area contributed by atoms with Crippen molar-refractivity contribution in [2.24, 2.45) is 0 Å². The first-order valence-electron chi connectivity index (χ1n) is 6.94. The third kappa shape index (κ3) is 3.74. The molecule has 3 nitrogen and oxygen atoms in total. The summed E-state index contributed by atoms with van der Waals surface area (Å²) in [6, 6.07) is 11.3. The summed E-state index contributed by atoms with van der Waals surface area (Å²) in [6.07, 6.45) is 0. The maximum atomic E-state index is 13.2. The summed E-state index contributed by atoms with van der Waals surface area (Å²) in [4.78, 5) is 14.2. The highest BCUT2D eigenvalue weighted by Crippen LogP contribution is 2.38. The summed E-state index contributed by atoms with van der Waals surface area (Å²) in [5, 5.41) is 3.28. The maximum absolute atomic E-state index is 13.2. The summed E-state index contributed by atoms with van der Waals surface area (Å²) < 4.78 is 13.2. The van der Waals surface area contributed by atoms with Crippen LogP contribution in [-0.2, 0) is 0 Å². The first-order valence-corrected chi connectivity index (χ1v) is 8.75. The van der Waals surface area contributed by atoms with Gasteiger partial charge in [-0.25, -0.2) is 9.18 Å². The van der Waals surface area contributed by atoms with Crippen molar-refractivity contribution in [1.82, 2.24) is 4.90 Å². The Balaban J connectivity index is 1.76. The maximum Gasteiger partial charge on any atom is 0.323 e. The molecule has 2 aromatic rings. The zero-order valence-electron chi connectivity index (χ0n) is 11.9. The van der Waals surface area contributed by atoms with Crippen LogP contribution < -0.4 is 5.32 Å². The van der Waals surface area contributed by atoms with Gasteiger partial charge >= 0.3 is 6.03 Å².